The van der Waals surface area contributed by atoms with Gasteiger partial charge in [-0.25, -0.2) is 4.98 Å². The lowest BCUT2D eigenvalue weighted by Crippen LogP contribution is -2.65. The molecule has 1 aliphatic carbocycles. The van der Waals surface area contributed by atoms with Gasteiger partial charge in [-0.2, -0.15) is 0 Å². The van der Waals surface area contributed by atoms with Gasteiger partial charge in [0.2, 0.25) is 0 Å². The topological polar surface area (TPSA) is 69.4 Å². The smallest absolute Gasteiger partial charge is 0.134 e. The van der Waals surface area contributed by atoms with Gasteiger partial charge in [0.1, 0.15) is 11.6 Å². The van der Waals surface area contributed by atoms with Gasteiger partial charge in [-0.3, -0.25) is 0 Å². The Bertz CT molecular complexity index is 676. The summed E-state index contributed by atoms with van der Waals surface area (Å²) in [5, 5.41) is 5.57. The monoisotopic (exact) mass is 285 g/mol. The van der Waals surface area contributed by atoms with E-state index in [1.54, 1.807) is 13.3 Å². The fourth-order valence-electron chi connectivity index (χ4n) is 3.56. The van der Waals surface area contributed by atoms with Crippen LogP contribution >= 0.6 is 0 Å². The first-order valence-electron chi connectivity index (χ1n) is 7.35. The first-order chi connectivity index (χ1) is 10.3. The summed E-state index contributed by atoms with van der Waals surface area (Å²) in [5.74, 6) is 2.19. The quantitative estimate of drug-likeness (QED) is 0.899. The molecule has 1 aliphatic heterocycles. The molecule has 4 atom stereocenters. The number of pyridine rings is 1. The van der Waals surface area contributed by atoms with Crippen LogP contribution in [0.5, 0.6) is 5.75 Å². The van der Waals surface area contributed by atoms with Gasteiger partial charge in [-0.05, 0) is 18.6 Å². The van der Waals surface area contributed by atoms with Crippen LogP contribution in [0.3, 0.4) is 0 Å². The maximum atomic E-state index is 6.26. The van der Waals surface area contributed by atoms with Crippen molar-refractivity contribution >= 4 is 16.6 Å². The molecule has 4 unspecified atom stereocenters. The van der Waals surface area contributed by atoms with Crippen molar-refractivity contribution in [1.29, 1.82) is 0 Å². The summed E-state index contributed by atoms with van der Waals surface area (Å²) in [7, 11) is 1.68. The lowest BCUT2D eigenvalue weighted by molar-refractivity contribution is 0.00529. The van der Waals surface area contributed by atoms with Crippen LogP contribution in [0.4, 0.5) is 5.82 Å². The first-order valence-corrected chi connectivity index (χ1v) is 7.35. The highest BCUT2D eigenvalue weighted by Gasteiger charge is 2.52. The molecule has 4 rings (SSSR count). The zero-order valence-electron chi connectivity index (χ0n) is 12.0. The molecule has 3 N–H and O–H groups in total. The van der Waals surface area contributed by atoms with Crippen LogP contribution in [-0.2, 0) is 4.74 Å². The summed E-state index contributed by atoms with van der Waals surface area (Å²) in [6, 6.07) is 8.22. The summed E-state index contributed by atoms with van der Waals surface area (Å²) in [6.07, 6.45) is 3.09. The average Bonchev–Trinajstić information content (AvgIpc) is 2.96. The summed E-state index contributed by atoms with van der Waals surface area (Å²) >= 11 is 0. The van der Waals surface area contributed by atoms with Gasteiger partial charge in [-0.1, -0.05) is 12.1 Å². The molecule has 0 spiro atoms. The van der Waals surface area contributed by atoms with E-state index in [9.17, 15) is 0 Å². The summed E-state index contributed by atoms with van der Waals surface area (Å²) in [4.78, 5) is 4.47. The minimum atomic E-state index is 0.139. The Kier molecular flexibility index (Phi) is 2.97. The molecule has 0 radical (unpaired) electrons. The molecule has 1 aromatic carbocycles. The number of benzene rings is 1. The molecule has 2 fully saturated rings. The Labute approximate surface area is 123 Å². The lowest BCUT2D eigenvalue weighted by atomic mass is 9.72. The molecule has 0 amide bonds. The van der Waals surface area contributed by atoms with E-state index in [2.05, 4.69) is 10.3 Å². The minimum absolute atomic E-state index is 0.139. The van der Waals surface area contributed by atoms with Gasteiger partial charge in [0.05, 0.1) is 19.3 Å². The Balaban J connectivity index is 1.68. The zero-order valence-corrected chi connectivity index (χ0v) is 12.0. The molecular weight excluding hydrogens is 266 g/mol. The van der Waals surface area contributed by atoms with Gasteiger partial charge in [-0.15, -0.1) is 0 Å². The molecule has 1 saturated heterocycles. The Hall–Kier alpha value is -1.85. The van der Waals surface area contributed by atoms with E-state index >= 15 is 0 Å². The van der Waals surface area contributed by atoms with E-state index < -0.39 is 0 Å². The highest BCUT2D eigenvalue weighted by Crippen LogP contribution is 2.40. The molecule has 0 bridgehead atoms. The van der Waals surface area contributed by atoms with Gasteiger partial charge in [0.15, 0.2) is 0 Å². The Morgan fingerprint density at radius 1 is 1.33 bits per heavy atom. The van der Waals surface area contributed by atoms with Gasteiger partial charge < -0.3 is 20.5 Å². The van der Waals surface area contributed by atoms with Crippen LogP contribution < -0.4 is 15.8 Å². The van der Waals surface area contributed by atoms with E-state index in [4.69, 9.17) is 15.2 Å². The molecule has 2 aliphatic rings. The third-order valence-corrected chi connectivity index (χ3v) is 4.74. The average molecular weight is 285 g/mol. The molecular formula is C16H19N3O2. The van der Waals surface area contributed by atoms with Crippen LogP contribution in [-0.4, -0.2) is 36.9 Å². The number of hydrogen-bond donors (Lipinski definition) is 2. The van der Waals surface area contributed by atoms with Crippen molar-refractivity contribution in [3.05, 3.63) is 30.5 Å². The van der Waals surface area contributed by atoms with E-state index in [0.717, 1.165) is 35.4 Å². The minimum Gasteiger partial charge on any atom is -0.496 e. The highest BCUT2D eigenvalue weighted by atomic mass is 16.5. The number of aromatic nitrogens is 1. The van der Waals surface area contributed by atoms with Gasteiger partial charge in [0.25, 0.3) is 0 Å². The van der Waals surface area contributed by atoms with E-state index in [0.29, 0.717) is 5.92 Å². The van der Waals surface area contributed by atoms with Crippen molar-refractivity contribution in [2.75, 3.05) is 19.0 Å². The third-order valence-electron chi connectivity index (χ3n) is 4.74. The van der Waals surface area contributed by atoms with Crippen LogP contribution in [0, 0.1) is 5.92 Å². The maximum Gasteiger partial charge on any atom is 0.134 e. The van der Waals surface area contributed by atoms with Crippen LogP contribution in [0.15, 0.2) is 30.5 Å². The maximum absolute atomic E-state index is 6.26. The largest absolute Gasteiger partial charge is 0.496 e. The molecule has 5 heteroatoms. The SMILES string of the molecule is COc1cccc2c(NC3C(N)C4CCOC43)nccc12. The molecule has 2 aromatic rings. The number of nitrogens with one attached hydrogen (secondary N) is 1. The van der Waals surface area contributed by atoms with Crippen molar-refractivity contribution in [3.8, 4) is 5.75 Å². The van der Waals surface area contributed by atoms with Crippen molar-refractivity contribution in [3.63, 3.8) is 0 Å². The third kappa shape index (κ3) is 1.88. The number of hydrogen-bond acceptors (Lipinski definition) is 5. The predicted octanol–water partition coefficient (Wildman–Crippen LogP) is 1.77. The van der Waals surface area contributed by atoms with E-state index in [1.807, 2.05) is 24.3 Å². The van der Waals surface area contributed by atoms with Crippen molar-refractivity contribution in [2.24, 2.45) is 11.7 Å². The van der Waals surface area contributed by atoms with E-state index in [-0.39, 0.29) is 18.2 Å². The Morgan fingerprint density at radius 3 is 3.10 bits per heavy atom. The summed E-state index contributed by atoms with van der Waals surface area (Å²) in [6.45, 7) is 0.817. The van der Waals surface area contributed by atoms with Crippen molar-refractivity contribution < 1.29 is 9.47 Å². The highest BCUT2D eigenvalue weighted by molar-refractivity contribution is 5.96. The molecule has 1 saturated carbocycles. The summed E-state index contributed by atoms with van der Waals surface area (Å²) < 4.78 is 11.2. The van der Waals surface area contributed by atoms with Crippen LogP contribution in [0.2, 0.25) is 0 Å². The number of methoxy groups -OCH3 is 1. The van der Waals surface area contributed by atoms with Gasteiger partial charge in [0, 0.05) is 35.5 Å². The number of nitrogens with two attached hydrogens (primary N) is 1. The van der Waals surface area contributed by atoms with Gasteiger partial charge >= 0.3 is 0 Å². The molecule has 21 heavy (non-hydrogen) atoms. The van der Waals surface area contributed by atoms with Crippen LogP contribution in [0.1, 0.15) is 6.42 Å². The number of fused-ring (bicyclic) bond motifs is 2. The lowest BCUT2D eigenvalue weighted by Gasteiger charge is -2.46. The van der Waals surface area contributed by atoms with Crippen LogP contribution in [0.25, 0.3) is 10.8 Å². The number of nitrogens with zero attached hydrogens (tertiary/aromatic N) is 1. The molecule has 2 heterocycles. The fraction of sp³-hybridized carbons (Fsp3) is 0.438. The van der Waals surface area contributed by atoms with E-state index in [1.165, 1.54) is 0 Å². The normalized spacial score (nSPS) is 30.8. The second kappa shape index (κ2) is 4.86. The zero-order chi connectivity index (χ0) is 14.4. The molecule has 5 nitrogen and oxygen atoms in total. The van der Waals surface area contributed by atoms with Crippen molar-refractivity contribution in [2.45, 2.75) is 24.6 Å². The Morgan fingerprint density at radius 2 is 2.24 bits per heavy atom. The molecule has 1 aromatic heterocycles. The second-order valence-electron chi connectivity index (χ2n) is 5.75. The number of anilines is 1. The fourth-order valence-corrected chi connectivity index (χ4v) is 3.56. The number of rotatable bonds is 3. The first kappa shape index (κ1) is 12.9. The predicted molar refractivity (Wildman–Crippen MR) is 81.5 cm³/mol. The van der Waals surface area contributed by atoms with Crippen molar-refractivity contribution in [1.82, 2.24) is 4.98 Å². The molecule has 110 valence electrons. The number of ether oxygens (including phenoxy) is 2. The standard InChI is InChI=1S/C16H19N3O2/c1-20-12-4-2-3-10-9(12)5-7-18-16(10)19-14-13(17)11-6-8-21-15(11)14/h2-5,7,11,13-15H,6,8,17H2,1H3,(H,18,19). The second-order valence-corrected chi connectivity index (χ2v) is 5.75. The summed E-state index contributed by atoms with van der Waals surface area (Å²) in [5.41, 5.74) is 6.26.